The van der Waals surface area contributed by atoms with Crippen LogP contribution >= 0.6 is 0 Å². The van der Waals surface area contributed by atoms with Crippen LogP contribution in [0.3, 0.4) is 0 Å². The number of piperidine rings is 1. The van der Waals surface area contributed by atoms with Gasteiger partial charge in [0.15, 0.2) is 0 Å². The van der Waals surface area contributed by atoms with Gasteiger partial charge in [-0.25, -0.2) is 4.39 Å². The number of benzene rings is 1. The Bertz CT molecular complexity index is 395. The van der Waals surface area contributed by atoms with Crippen molar-refractivity contribution in [3.63, 3.8) is 0 Å². The van der Waals surface area contributed by atoms with Gasteiger partial charge in [0, 0.05) is 24.8 Å². The highest BCUT2D eigenvalue weighted by Crippen LogP contribution is 2.30. The molecule has 1 saturated heterocycles. The van der Waals surface area contributed by atoms with Crippen molar-refractivity contribution in [3.05, 3.63) is 29.6 Å². The van der Waals surface area contributed by atoms with E-state index < -0.39 is 0 Å². The number of halogens is 1. The number of rotatable bonds is 3. The summed E-state index contributed by atoms with van der Waals surface area (Å²) in [5, 5.41) is 0. The van der Waals surface area contributed by atoms with Crippen LogP contribution in [0.25, 0.3) is 0 Å². The summed E-state index contributed by atoms with van der Waals surface area (Å²) in [4.78, 5) is 2.35. The summed E-state index contributed by atoms with van der Waals surface area (Å²) >= 11 is 0. The van der Waals surface area contributed by atoms with E-state index in [-0.39, 0.29) is 11.9 Å². The summed E-state index contributed by atoms with van der Waals surface area (Å²) in [7, 11) is 0. The van der Waals surface area contributed by atoms with Crippen LogP contribution in [-0.2, 0) is 0 Å². The van der Waals surface area contributed by atoms with Gasteiger partial charge >= 0.3 is 0 Å². The minimum Gasteiger partial charge on any atom is -0.371 e. The Balaban J connectivity index is 2.18. The minimum atomic E-state index is -0.200. The summed E-state index contributed by atoms with van der Waals surface area (Å²) in [5.41, 5.74) is 7.98. The highest BCUT2D eigenvalue weighted by Gasteiger charge is 2.21. The van der Waals surface area contributed by atoms with Crippen LogP contribution in [0.15, 0.2) is 18.2 Å². The molecule has 1 aliphatic rings. The molecule has 1 aromatic rings. The molecule has 0 unspecified atom stereocenters. The van der Waals surface area contributed by atoms with E-state index in [2.05, 4.69) is 11.8 Å². The molecule has 18 heavy (non-hydrogen) atoms. The molecule has 2 rings (SSSR count). The van der Waals surface area contributed by atoms with Crippen molar-refractivity contribution in [2.75, 3.05) is 18.0 Å². The summed E-state index contributed by atoms with van der Waals surface area (Å²) in [6.07, 6.45) is 3.72. The minimum absolute atomic E-state index is 0.125. The number of nitrogens with zero attached hydrogens (tertiary/aromatic N) is 1. The Morgan fingerprint density at radius 2 is 2.06 bits per heavy atom. The molecule has 0 saturated carbocycles. The van der Waals surface area contributed by atoms with E-state index in [0.29, 0.717) is 0 Å². The smallest absolute Gasteiger partial charge is 0.123 e. The Morgan fingerprint density at radius 3 is 2.61 bits per heavy atom. The number of nitrogens with two attached hydrogens (primary N) is 1. The lowest BCUT2D eigenvalue weighted by Crippen LogP contribution is -2.34. The highest BCUT2D eigenvalue weighted by molar-refractivity contribution is 5.55. The Hall–Kier alpha value is -1.09. The van der Waals surface area contributed by atoms with E-state index in [0.717, 1.165) is 30.3 Å². The second-order valence-corrected chi connectivity index (χ2v) is 5.33. The van der Waals surface area contributed by atoms with Crippen molar-refractivity contribution in [2.24, 2.45) is 11.7 Å². The van der Waals surface area contributed by atoms with E-state index in [4.69, 9.17) is 5.73 Å². The van der Waals surface area contributed by atoms with Crippen LogP contribution in [0.4, 0.5) is 10.1 Å². The molecular formula is C15H23FN2. The standard InChI is InChI=1S/C15H23FN2/c1-3-12-6-8-18(9-7-12)15-5-4-13(16)10-14(15)11(2)17/h4-5,10-12H,3,6-9,17H2,1-2H3/t11-/m0/s1. The van der Waals surface area contributed by atoms with E-state index in [9.17, 15) is 4.39 Å². The van der Waals surface area contributed by atoms with Gasteiger partial charge in [-0.3, -0.25) is 0 Å². The topological polar surface area (TPSA) is 29.3 Å². The van der Waals surface area contributed by atoms with Crippen molar-refractivity contribution in [1.82, 2.24) is 0 Å². The third-order valence-corrected chi connectivity index (χ3v) is 4.01. The largest absolute Gasteiger partial charge is 0.371 e. The molecule has 2 nitrogen and oxygen atoms in total. The first kappa shape index (κ1) is 13.3. The third kappa shape index (κ3) is 2.83. The van der Waals surface area contributed by atoms with Gasteiger partial charge in [0.05, 0.1) is 0 Å². The van der Waals surface area contributed by atoms with Crippen LogP contribution in [0.5, 0.6) is 0 Å². The van der Waals surface area contributed by atoms with Crippen LogP contribution in [-0.4, -0.2) is 13.1 Å². The van der Waals surface area contributed by atoms with Gasteiger partial charge in [0.2, 0.25) is 0 Å². The summed E-state index contributed by atoms with van der Waals surface area (Å²) < 4.78 is 13.3. The summed E-state index contributed by atoms with van der Waals surface area (Å²) in [6.45, 7) is 6.29. The van der Waals surface area contributed by atoms with Gasteiger partial charge in [-0.05, 0) is 49.4 Å². The predicted octanol–water partition coefficient (Wildman–Crippen LogP) is 3.47. The first-order valence-corrected chi connectivity index (χ1v) is 6.91. The average molecular weight is 250 g/mol. The van der Waals surface area contributed by atoms with Gasteiger partial charge < -0.3 is 10.6 Å². The molecule has 0 aliphatic carbocycles. The lowest BCUT2D eigenvalue weighted by Gasteiger charge is -2.35. The molecule has 0 spiro atoms. The number of anilines is 1. The lowest BCUT2D eigenvalue weighted by atomic mass is 9.93. The zero-order valence-electron chi connectivity index (χ0n) is 11.3. The molecule has 0 radical (unpaired) electrons. The van der Waals surface area contributed by atoms with Crippen LogP contribution < -0.4 is 10.6 Å². The van der Waals surface area contributed by atoms with Gasteiger partial charge in [0.1, 0.15) is 5.82 Å². The first-order chi connectivity index (χ1) is 8.61. The maximum Gasteiger partial charge on any atom is 0.123 e. The zero-order chi connectivity index (χ0) is 13.1. The third-order valence-electron chi connectivity index (χ3n) is 4.01. The molecule has 3 heteroatoms. The quantitative estimate of drug-likeness (QED) is 0.890. The summed E-state index contributed by atoms with van der Waals surface area (Å²) in [5.74, 6) is 0.648. The lowest BCUT2D eigenvalue weighted by molar-refractivity contribution is 0.394. The van der Waals surface area contributed by atoms with Crippen molar-refractivity contribution in [3.8, 4) is 0 Å². The van der Waals surface area contributed by atoms with Crippen molar-refractivity contribution in [1.29, 1.82) is 0 Å². The molecule has 1 heterocycles. The van der Waals surface area contributed by atoms with Gasteiger partial charge in [-0.15, -0.1) is 0 Å². The number of hydrogen-bond donors (Lipinski definition) is 1. The molecule has 100 valence electrons. The Kier molecular flexibility index (Phi) is 4.23. The Morgan fingerprint density at radius 1 is 1.39 bits per heavy atom. The van der Waals surface area contributed by atoms with E-state index in [1.165, 1.54) is 25.3 Å². The van der Waals surface area contributed by atoms with Crippen molar-refractivity contribution < 1.29 is 4.39 Å². The SMILES string of the molecule is CCC1CCN(c2ccc(F)cc2[C@H](C)N)CC1. The van der Waals surface area contributed by atoms with E-state index >= 15 is 0 Å². The van der Waals surface area contributed by atoms with Gasteiger partial charge in [-0.2, -0.15) is 0 Å². The van der Waals surface area contributed by atoms with E-state index in [1.807, 2.05) is 13.0 Å². The molecule has 1 fully saturated rings. The van der Waals surface area contributed by atoms with Crippen LogP contribution in [0.1, 0.15) is 44.7 Å². The van der Waals surface area contributed by atoms with E-state index in [1.54, 1.807) is 6.07 Å². The molecule has 0 aromatic heterocycles. The normalized spacial score (nSPS) is 19.0. The second kappa shape index (κ2) is 5.70. The fourth-order valence-electron chi connectivity index (χ4n) is 2.76. The van der Waals surface area contributed by atoms with Gasteiger partial charge in [-0.1, -0.05) is 13.3 Å². The molecule has 0 amide bonds. The molecule has 1 aliphatic heterocycles. The van der Waals surface area contributed by atoms with Crippen LogP contribution in [0.2, 0.25) is 0 Å². The monoisotopic (exact) mass is 250 g/mol. The fourth-order valence-corrected chi connectivity index (χ4v) is 2.76. The summed E-state index contributed by atoms with van der Waals surface area (Å²) in [6, 6.07) is 4.86. The maximum absolute atomic E-state index is 13.3. The molecule has 2 N–H and O–H groups in total. The fraction of sp³-hybridized carbons (Fsp3) is 0.600. The predicted molar refractivity (Wildman–Crippen MR) is 74.2 cm³/mol. The first-order valence-electron chi connectivity index (χ1n) is 6.91. The molecule has 1 atom stereocenters. The van der Waals surface area contributed by atoms with Crippen LogP contribution in [0, 0.1) is 11.7 Å². The molecule has 0 bridgehead atoms. The average Bonchev–Trinajstić information content (AvgIpc) is 2.39. The highest BCUT2D eigenvalue weighted by atomic mass is 19.1. The zero-order valence-corrected chi connectivity index (χ0v) is 11.3. The Labute approximate surface area is 109 Å². The molecular weight excluding hydrogens is 227 g/mol. The molecule has 1 aromatic carbocycles. The second-order valence-electron chi connectivity index (χ2n) is 5.33. The van der Waals surface area contributed by atoms with Gasteiger partial charge in [0.25, 0.3) is 0 Å². The van der Waals surface area contributed by atoms with Crippen molar-refractivity contribution in [2.45, 2.75) is 39.2 Å². The number of hydrogen-bond acceptors (Lipinski definition) is 2. The maximum atomic E-state index is 13.3. The van der Waals surface area contributed by atoms with Crippen molar-refractivity contribution >= 4 is 5.69 Å².